The smallest absolute Gasteiger partial charge is 0.244 e. The quantitative estimate of drug-likeness (QED) is 0.493. The molecule has 4 nitrogen and oxygen atoms in total. The molecule has 0 spiro atoms. The standard InChI is InChI=1S/C25H23N3O/c1-19-7-13-24-27-23(18-28(24)17-19)15-16-26-25(29)14-10-20-8-11-22(12-9-20)21-5-3-2-4-6-21/h2-14,17-18H,15-16H2,1H3,(H,26,29)/b14-10+. The number of hydrogen-bond acceptors (Lipinski definition) is 2. The lowest BCUT2D eigenvalue weighted by Gasteiger charge is -2.02. The molecule has 0 bridgehead atoms. The molecule has 0 atom stereocenters. The molecule has 1 N–H and O–H groups in total. The van der Waals surface area contributed by atoms with Crippen LogP contribution in [0.4, 0.5) is 0 Å². The van der Waals surface area contributed by atoms with E-state index in [1.807, 2.05) is 59.1 Å². The summed E-state index contributed by atoms with van der Waals surface area (Å²) < 4.78 is 2.02. The van der Waals surface area contributed by atoms with Gasteiger partial charge in [0.05, 0.1) is 5.69 Å². The number of imidazole rings is 1. The van der Waals surface area contributed by atoms with Crippen LogP contribution in [0.1, 0.15) is 16.8 Å². The van der Waals surface area contributed by atoms with E-state index in [-0.39, 0.29) is 5.91 Å². The number of hydrogen-bond donors (Lipinski definition) is 1. The molecule has 2 aromatic carbocycles. The van der Waals surface area contributed by atoms with Crippen molar-refractivity contribution in [3.63, 3.8) is 0 Å². The summed E-state index contributed by atoms with van der Waals surface area (Å²) in [6, 6.07) is 22.5. The highest BCUT2D eigenvalue weighted by Gasteiger charge is 2.03. The summed E-state index contributed by atoms with van der Waals surface area (Å²) in [5, 5.41) is 2.92. The maximum atomic E-state index is 12.1. The second kappa shape index (κ2) is 8.57. The van der Waals surface area contributed by atoms with Crippen molar-refractivity contribution >= 4 is 17.6 Å². The zero-order valence-corrected chi connectivity index (χ0v) is 16.4. The minimum atomic E-state index is -0.100. The van der Waals surface area contributed by atoms with E-state index in [1.54, 1.807) is 6.08 Å². The predicted octanol–water partition coefficient (Wildman–Crippen LogP) is 4.68. The molecule has 0 aliphatic carbocycles. The monoisotopic (exact) mass is 381 g/mol. The van der Waals surface area contributed by atoms with Gasteiger partial charge in [-0.25, -0.2) is 4.98 Å². The molecule has 2 heterocycles. The minimum absolute atomic E-state index is 0.100. The number of rotatable bonds is 6. The summed E-state index contributed by atoms with van der Waals surface area (Å²) in [7, 11) is 0. The summed E-state index contributed by atoms with van der Waals surface area (Å²) in [6.45, 7) is 2.61. The van der Waals surface area contributed by atoms with Crippen molar-refractivity contribution in [3.8, 4) is 11.1 Å². The highest BCUT2D eigenvalue weighted by atomic mass is 16.1. The third-order valence-corrected chi connectivity index (χ3v) is 4.77. The number of aromatic nitrogens is 2. The van der Waals surface area contributed by atoms with Crippen LogP contribution in [0.3, 0.4) is 0 Å². The number of benzene rings is 2. The molecule has 0 unspecified atom stereocenters. The van der Waals surface area contributed by atoms with Crippen LogP contribution < -0.4 is 5.32 Å². The highest BCUT2D eigenvalue weighted by molar-refractivity contribution is 5.91. The molecule has 0 aliphatic rings. The molecular formula is C25H23N3O. The molecule has 0 saturated carbocycles. The van der Waals surface area contributed by atoms with Crippen molar-refractivity contribution in [3.05, 3.63) is 102 Å². The Hall–Kier alpha value is -3.66. The Bertz CT molecular complexity index is 1140. The molecule has 144 valence electrons. The van der Waals surface area contributed by atoms with Gasteiger partial charge in [-0.2, -0.15) is 0 Å². The molecule has 29 heavy (non-hydrogen) atoms. The topological polar surface area (TPSA) is 46.4 Å². The minimum Gasteiger partial charge on any atom is -0.352 e. The summed E-state index contributed by atoms with van der Waals surface area (Å²) in [6.07, 6.45) is 8.17. The fourth-order valence-corrected chi connectivity index (χ4v) is 3.24. The number of nitrogens with zero attached hydrogens (tertiary/aromatic N) is 2. The van der Waals surface area contributed by atoms with Crippen molar-refractivity contribution in [2.45, 2.75) is 13.3 Å². The summed E-state index contributed by atoms with van der Waals surface area (Å²) in [5.41, 5.74) is 6.43. The van der Waals surface area contributed by atoms with Crippen LogP contribution in [0.25, 0.3) is 22.9 Å². The molecule has 0 fully saturated rings. The number of carbonyl (C=O) groups excluding carboxylic acids is 1. The Morgan fingerprint density at radius 3 is 2.52 bits per heavy atom. The van der Waals surface area contributed by atoms with Gasteiger partial charge in [0.15, 0.2) is 0 Å². The van der Waals surface area contributed by atoms with Crippen LogP contribution in [-0.2, 0) is 11.2 Å². The lowest BCUT2D eigenvalue weighted by atomic mass is 10.0. The van der Waals surface area contributed by atoms with Crippen molar-refractivity contribution in [2.24, 2.45) is 0 Å². The van der Waals surface area contributed by atoms with E-state index < -0.39 is 0 Å². The SMILES string of the molecule is Cc1ccc2nc(CCNC(=O)/C=C/c3ccc(-c4ccccc4)cc3)cn2c1. The Kier molecular flexibility index (Phi) is 5.52. The van der Waals surface area contributed by atoms with E-state index in [1.165, 1.54) is 11.1 Å². The van der Waals surface area contributed by atoms with Gasteiger partial charge in [-0.1, -0.05) is 60.7 Å². The van der Waals surface area contributed by atoms with Crippen LogP contribution in [0.2, 0.25) is 0 Å². The molecule has 4 rings (SSSR count). The molecule has 1 amide bonds. The molecule has 0 aliphatic heterocycles. The van der Waals surface area contributed by atoms with Crippen molar-refractivity contribution in [2.75, 3.05) is 6.54 Å². The number of carbonyl (C=O) groups is 1. The average Bonchev–Trinajstić information content (AvgIpc) is 3.15. The maximum absolute atomic E-state index is 12.1. The van der Waals surface area contributed by atoms with Gasteiger partial charge in [0.25, 0.3) is 0 Å². The largest absolute Gasteiger partial charge is 0.352 e. The second-order valence-electron chi connectivity index (χ2n) is 7.07. The Morgan fingerprint density at radius 2 is 1.72 bits per heavy atom. The van der Waals surface area contributed by atoms with Crippen LogP contribution in [0, 0.1) is 6.92 Å². The summed E-state index contributed by atoms with van der Waals surface area (Å²) in [5.74, 6) is -0.100. The second-order valence-corrected chi connectivity index (χ2v) is 7.07. The van der Waals surface area contributed by atoms with Gasteiger partial charge in [0, 0.05) is 31.4 Å². The van der Waals surface area contributed by atoms with Crippen LogP contribution in [-0.4, -0.2) is 21.8 Å². The molecule has 4 heteroatoms. The van der Waals surface area contributed by atoms with E-state index in [2.05, 4.69) is 47.7 Å². The number of aryl methyl sites for hydroxylation is 1. The maximum Gasteiger partial charge on any atom is 0.244 e. The molecule has 2 aromatic heterocycles. The number of nitrogens with one attached hydrogen (secondary N) is 1. The van der Waals surface area contributed by atoms with Crippen molar-refractivity contribution in [1.29, 1.82) is 0 Å². The molecule has 4 aromatic rings. The van der Waals surface area contributed by atoms with Crippen LogP contribution in [0.15, 0.2) is 85.2 Å². The molecule has 0 saturated heterocycles. The first kappa shape index (κ1) is 18.7. The third kappa shape index (κ3) is 4.79. The van der Waals surface area contributed by atoms with Gasteiger partial charge >= 0.3 is 0 Å². The van der Waals surface area contributed by atoms with E-state index in [9.17, 15) is 4.79 Å². The van der Waals surface area contributed by atoms with Crippen LogP contribution >= 0.6 is 0 Å². The van der Waals surface area contributed by atoms with E-state index in [0.29, 0.717) is 13.0 Å². The van der Waals surface area contributed by atoms with Gasteiger partial charge in [0.2, 0.25) is 5.91 Å². The zero-order valence-electron chi connectivity index (χ0n) is 16.4. The zero-order chi connectivity index (χ0) is 20.1. The van der Waals surface area contributed by atoms with Gasteiger partial charge in [-0.05, 0) is 41.3 Å². The lowest BCUT2D eigenvalue weighted by molar-refractivity contribution is -0.116. The fourth-order valence-electron chi connectivity index (χ4n) is 3.24. The van der Waals surface area contributed by atoms with E-state index in [4.69, 9.17) is 0 Å². The lowest BCUT2D eigenvalue weighted by Crippen LogP contribution is -2.23. The van der Waals surface area contributed by atoms with Crippen LogP contribution in [0.5, 0.6) is 0 Å². The highest BCUT2D eigenvalue weighted by Crippen LogP contribution is 2.19. The average molecular weight is 381 g/mol. The van der Waals surface area contributed by atoms with Gasteiger partial charge in [0.1, 0.15) is 5.65 Å². The fraction of sp³-hybridized carbons (Fsp3) is 0.120. The van der Waals surface area contributed by atoms with Crippen molar-refractivity contribution < 1.29 is 4.79 Å². The number of fused-ring (bicyclic) bond motifs is 1. The number of amides is 1. The van der Waals surface area contributed by atoms with E-state index in [0.717, 1.165) is 22.5 Å². The normalized spacial score (nSPS) is 11.2. The molecule has 0 radical (unpaired) electrons. The Labute approximate surface area is 170 Å². The third-order valence-electron chi connectivity index (χ3n) is 4.77. The summed E-state index contributed by atoms with van der Waals surface area (Å²) in [4.78, 5) is 16.7. The Balaban J connectivity index is 1.29. The van der Waals surface area contributed by atoms with Gasteiger partial charge in [-0.15, -0.1) is 0 Å². The first-order valence-electron chi connectivity index (χ1n) is 9.73. The summed E-state index contributed by atoms with van der Waals surface area (Å²) >= 11 is 0. The van der Waals surface area contributed by atoms with E-state index >= 15 is 0 Å². The van der Waals surface area contributed by atoms with Gasteiger partial charge in [-0.3, -0.25) is 4.79 Å². The predicted molar refractivity (Wildman–Crippen MR) is 118 cm³/mol. The first-order chi connectivity index (χ1) is 14.2. The molecular weight excluding hydrogens is 358 g/mol. The van der Waals surface area contributed by atoms with Gasteiger partial charge < -0.3 is 9.72 Å². The van der Waals surface area contributed by atoms with Crippen molar-refractivity contribution in [1.82, 2.24) is 14.7 Å². The first-order valence-corrected chi connectivity index (χ1v) is 9.73. The number of pyridine rings is 1. The Morgan fingerprint density at radius 1 is 0.966 bits per heavy atom.